The van der Waals surface area contributed by atoms with Crippen LogP contribution < -0.4 is 20.3 Å². The van der Waals surface area contributed by atoms with Gasteiger partial charge in [-0.3, -0.25) is 14.9 Å². The predicted octanol–water partition coefficient (Wildman–Crippen LogP) is 3.21. The number of benzene rings is 2. The maximum Gasteiger partial charge on any atom is 0.264 e. The van der Waals surface area contributed by atoms with E-state index in [1.54, 1.807) is 17.9 Å². The van der Waals surface area contributed by atoms with Gasteiger partial charge in [0.1, 0.15) is 5.75 Å². The number of carbonyl (C=O) groups excluding carboxylic acids is 2. The van der Waals surface area contributed by atoms with Crippen molar-refractivity contribution in [2.24, 2.45) is 0 Å². The van der Waals surface area contributed by atoms with Gasteiger partial charge in [0, 0.05) is 33.1 Å². The second-order valence-electron chi connectivity index (χ2n) is 7.19. The van der Waals surface area contributed by atoms with Crippen molar-refractivity contribution in [3.63, 3.8) is 0 Å². The van der Waals surface area contributed by atoms with Gasteiger partial charge in [-0.25, -0.2) is 0 Å². The predicted molar refractivity (Wildman–Crippen MR) is 127 cm³/mol. The molecule has 0 atom stereocenters. The van der Waals surface area contributed by atoms with Crippen LogP contribution in [0, 0.1) is 6.92 Å². The van der Waals surface area contributed by atoms with E-state index in [2.05, 4.69) is 15.5 Å². The summed E-state index contributed by atoms with van der Waals surface area (Å²) in [4.78, 5) is 27.7. The van der Waals surface area contributed by atoms with Crippen molar-refractivity contribution in [2.45, 2.75) is 13.8 Å². The molecule has 1 heterocycles. The molecule has 0 aromatic heterocycles. The average molecular weight is 461 g/mol. The van der Waals surface area contributed by atoms with Crippen LogP contribution in [-0.4, -0.2) is 54.6 Å². The number of para-hydroxylation sites is 2. The Labute approximate surface area is 192 Å². The molecule has 0 radical (unpaired) electrons. The first-order valence-electron chi connectivity index (χ1n) is 9.93. The fourth-order valence-electron chi connectivity index (χ4n) is 3.36. The quantitative estimate of drug-likeness (QED) is 0.667. The zero-order valence-electron chi connectivity index (χ0n) is 17.5. The number of hydrogen-bond acceptors (Lipinski definition) is 5. The van der Waals surface area contributed by atoms with E-state index >= 15 is 0 Å². The number of hydrogen-bond donors (Lipinski definition) is 2. The minimum atomic E-state index is -0.362. The molecule has 31 heavy (non-hydrogen) atoms. The summed E-state index contributed by atoms with van der Waals surface area (Å²) in [6.45, 7) is 5.89. The number of halogens is 1. The number of ether oxygens (including phenoxy) is 1. The number of nitrogens with one attached hydrogen (secondary N) is 2. The first kappa shape index (κ1) is 22.8. The van der Waals surface area contributed by atoms with E-state index in [0.29, 0.717) is 42.6 Å². The number of anilines is 2. The van der Waals surface area contributed by atoms with Crippen molar-refractivity contribution >= 4 is 52.1 Å². The molecule has 0 aliphatic carbocycles. The van der Waals surface area contributed by atoms with Gasteiger partial charge in [0.15, 0.2) is 11.7 Å². The summed E-state index contributed by atoms with van der Waals surface area (Å²) in [6, 6.07) is 12.9. The van der Waals surface area contributed by atoms with E-state index < -0.39 is 0 Å². The summed E-state index contributed by atoms with van der Waals surface area (Å²) in [6.07, 6.45) is 0. The Morgan fingerprint density at radius 3 is 2.48 bits per heavy atom. The van der Waals surface area contributed by atoms with Gasteiger partial charge in [-0.2, -0.15) is 0 Å². The first-order valence-corrected chi connectivity index (χ1v) is 10.7. The highest BCUT2D eigenvalue weighted by Gasteiger charge is 2.23. The third-order valence-electron chi connectivity index (χ3n) is 4.98. The van der Waals surface area contributed by atoms with Gasteiger partial charge < -0.3 is 19.9 Å². The highest BCUT2D eigenvalue weighted by Crippen LogP contribution is 2.34. The average Bonchev–Trinajstić information content (AvgIpc) is 2.73. The van der Waals surface area contributed by atoms with Crippen LogP contribution in [0.1, 0.15) is 12.5 Å². The molecule has 2 N–H and O–H groups in total. The highest BCUT2D eigenvalue weighted by molar-refractivity contribution is 7.80. The molecule has 1 aliphatic heterocycles. The number of nitrogens with zero attached hydrogens (tertiary/aromatic N) is 2. The Bertz CT molecular complexity index is 977. The van der Waals surface area contributed by atoms with E-state index in [1.165, 1.54) is 0 Å². The van der Waals surface area contributed by atoms with Gasteiger partial charge in [0.05, 0.1) is 16.4 Å². The minimum absolute atomic E-state index is 0.0639. The van der Waals surface area contributed by atoms with E-state index in [0.717, 1.165) is 11.3 Å². The van der Waals surface area contributed by atoms with E-state index in [-0.39, 0.29) is 23.5 Å². The maximum absolute atomic E-state index is 12.2. The Morgan fingerprint density at radius 1 is 1.10 bits per heavy atom. The van der Waals surface area contributed by atoms with Crippen LogP contribution in [0.3, 0.4) is 0 Å². The Kier molecular flexibility index (Phi) is 7.70. The van der Waals surface area contributed by atoms with E-state index in [1.807, 2.05) is 43.3 Å². The monoisotopic (exact) mass is 460 g/mol. The van der Waals surface area contributed by atoms with Crippen molar-refractivity contribution in [3.05, 3.63) is 53.1 Å². The lowest BCUT2D eigenvalue weighted by atomic mass is 10.2. The van der Waals surface area contributed by atoms with Crippen LogP contribution in [-0.2, 0) is 9.59 Å². The molecule has 7 nitrogen and oxygen atoms in total. The third kappa shape index (κ3) is 6.08. The van der Waals surface area contributed by atoms with Crippen LogP contribution in [0.2, 0.25) is 5.02 Å². The molecular formula is C22H25ClN4O3S. The second-order valence-corrected chi connectivity index (χ2v) is 8.00. The lowest BCUT2D eigenvalue weighted by Gasteiger charge is -2.37. The summed E-state index contributed by atoms with van der Waals surface area (Å²) < 4.78 is 5.56. The fraction of sp³-hybridized carbons (Fsp3) is 0.318. The van der Waals surface area contributed by atoms with Gasteiger partial charge in [0.25, 0.3) is 5.91 Å². The topological polar surface area (TPSA) is 73.9 Å². The number of aryl methyl sites for hydroxylation is 1. The normalized spacial score (nSPS) is 13.5. The third-order valence-corrected chi connectivity index (χ3v) is 5.49. The molecule has 164 valence electrons. The summed E-state index contributed by atoms with van der Waals surface area (Å²) >= 11 is 11.8. The van der Waals surface area contributed by atoms with Crippen molar-refractivity contribution < 1.29 is 14.3 Å². The molecule has 1 aliphatic rings. The summed E-state index contributed by atoms with van der Waals surface area (Å²) in [5.74, 6) is 0.353. The van der Waals surface area contributed by atoms with Gasteiger partial charge in [-0.15, -0.1) is 0 Å². The van der Waals surface area contributed by atoms with Gasteiger partial charge in [0.2, 0.25) is 5.91 Å². The number of rotatable bonds is 5. The van der Waals surface area contributed by atoms with Crippen LogP contribution in [0.15, 0.2) is 42.5 Å². The van der Waals surface area contributed by atoms with Crippen molar-refractivity contribution in [1.82, 2.24) is 10.2 Å². The molecule has 0 spiro atoms. The Hall–Kier alpha value is -2.84. The molecule has 2 aromatic rings. The molecule has 0 unspecified atom stereocenters. The van der Waals surface area contributed by atoms with Crippen LogP contribution >= 0.6 is 23.8 Å². The maximum atomic E-state index is 12.2. The molecule has 3 rings (SSSR count). The summed E-state index contributed by atoms with van der Waals surface area (Å²) in [5, 5.41) is 6.42. The van der Waals surface area contributed by atoms with Crippen LogP contribution in [0.4, 0.5) is 11.4 Å². The molecule has 1 saturated heterocycles. The van der Waals surface area contributed by atoms with Crippen LogP contribution in [0.5, 0.6) is 5.75 Å². The van der Waals surface area contributed by atoms with Crippen LogP contribution in [0.25, 0.3) is 0 Å². The number of carbonyl (C=O) groups is 2. The Morgan fingerprint density at radius 2 is 1.81 bits per heavy atom. The zero-order chi connectivity index (χ0) is 22.4. The molecule has 2 aromatic carbocycles. The zero-order valence-corrected chi connectivity index (χ0v) is 19.1. The minimum Gasteiger partial charge on any atom is -0.483 e. The van der Waals surface area contributed by atoms with Gasteiger partial charge >= 0.3 is 0 Å². The van der Waals surface area contributed by atoms with E-state index in [4.69, 9.17) is 28.6 Å². The summed E-state index contributed by atoms with van der Waals surface area (Å²) in [5.41, 5.74) is 2.43. The second kappa shape index (κ2) is 10.5. The molecule has 9 heteroatoms. The van der Waals surface area contributed by atoms with Crippen molar-refractivity contribution in [2.75, 3.05) is 43.0 Å². The number of amides is 2. The SMILES string of the molecule is CC(=O)N1CCN(c2c(Cl)cccc2NC(=S)NC(=O)COc2ccccc2C)CC1. The molecule has 0 saturated carbocycles. The molecule has 0 bridgehead atoms. The Balaban J connectivity index is 1.60. The first-order chi connectivity index (χ1) is 14.8. The highest BCUT2D eigenvalue weighted by atomic mass is 35.5. The van der Waals surface area contributed by atoms with Gasteiger partial charge in [-0.05, 0) is 42.9 Å². The molecular weight excluding hydrogens is 436 g/mol. The lowest BCUT2D eigenvalue weighted by Crippen LogP contribution is -2.48. The van der Waals surface area contributed by atoms with Crippen molar-refractivity contribution in [1.29, 1.82) is 0 Å². The molecule has 2 amide bonds. The molecule has 1 fully saturated rings. The summed E-state index contributed by atoms with van der Waals surface area (Å²) in [7, 11) is 0. The van der Waals surface area contributed by atoms with E-state index in [9.17, 15) is 9.59 Å². The number of thiocarbonyl (C=S) groups is 1. The lowest BCUT2D eigenvalue weighted by molar-refractivity contribution is -0.129. The smallest absolute Gasteiger partial charge is 0.264 e. The van der Waals surface area contributed by atoms with Crippen molar-refractivity contribution in [3.8, 4) is 5.75 Å². The number of piperazine rings is 1. The van der Waals surface area contributed by atoms with Gasteiger partial charge in [-0.1, -0.05) is 35.9 Å². The fourth-order valence-corrected chi connectivity index (χ4v) is 3.88. The standard InChI is InChI=1S/C22H25ClN4O3S/c1-15-6-3-4-9-19(15)30-14-20(29)25-22(31)24-18-8-5-7-17(23)21(18)27-12-10-26(11-13-27)16(2)28/h3-9H,10-14H2,1-2H3,(H2,24,25,29,31). The largest absolute Gasteiger partial charge is 0.483 e.